The van der Waals surface area contributed by atoms with Gasteiger partial charge in [0, 0.05) is 0 Å². The predicted octanol–water partition coefficient (Wildman–Crippen LogP) is 9.96. The van der Waals surface area contributed by atoms with Gasteiger partial charge in [-0.3, -0.25) is 0 Å². The monoisotopic (exact) mass is 727 g/mol. The van der Waals surface area contributed by atoms with Gasteiger partial charge < -0.3 is 0 Å². The fourth-order valence-electron chi connectivity index (χ4n) is 4.65. The van der Waals surface area contributed by atoms with E-state index in [2.05, 4.69) is 100 Å². The van der Waals surface area contributed by atoms with Gasteiger partial charge in [-0.25, -0.2) is 0 Å². The fraction of sp³-hybridized carbons (Fsp3) is 0.600. The van der Waals surface area contributed by atoms with Crippen molar-refractivity contribution in [3.63, 3.8) is 0 Å². The van der Waals surface area contributed by atoms with Gasteiger partial charge in [-0.2, -0.15) is 0 Å². The summed E-state index contributed by atoms with van der Waals surface area (Å²) in [5, 5.41) is 0. The molecule has 1 nitrogen and oxygen atoms in total. The van der Waals surface area contributed by atoms with Gasteiger partial charge in [0.2, 0.25) is 0 Å². The third-order valence-electron chi connectivity index (χ3n) is 6.91. The van der Waals surface area contributed by atoms with Crippen LogP contribution in [-0.4, -0.2) is 41.3 Å². The third kappa shape index (κ3) is 8.92. The van der Waals surface area contributed by atoms with Crippen LogP contribution in [0.3, 0.4) is 0 Å². The number of thiophene rings is 2. The van der Waals surface area contributed by atoms with E-state index in [0.29, 0.717) is 0 Å². The van der Waals surface area contributed by atoms with Gasteiger partial charge >= 0.3 is 202 Å². The summed E-state index contributed by atoms with van der Waals surface area (Å²) < 4.78 is 6.03. The molecule has 0 aromatic carbocycles. The van der Waals surface area contributed by atoms with Crippen molar-refractivity contribution in [2.24, 2.45) is 0 Å². The average Bonchev–Trinajstić information content (AvgIpc) is 3.52. The Balaban J connectivity index is 1.70. The molecule has 0 N–H and O–H groups in total. The Morgan fingerprint density at radius 2 is 0.943 bits per heavy atom. The Hall–Kier alpha value is 0.277. The first-order valence-corrected chi connectivity index (χ1v) is 35.6. The molecule has 0 unspecified atom stereocenters. The summed E-state index contributed by atoms with van der Waals surface area (Å²) in [6, 6.07) is 14.5. The summed E-state index contributed by atoms with van der Waals surface area (Å²) in [7, 11) is 0. The van der Waals surface area contributed by atoms with Crippen LogP contribution in [0.15, 0.2) is 36.4 Å². The molecule has 194 valence electrons. The summed E-state index contributed by atoms with van der Waals surface area (Å²) in [4.78, 5) is 18.1. The van der Waals surface area contributed by atoms with E-state index in [-0.39, 0.29) is 0 Å². The summed E-state index contributed by atoms with van der Waals surface area (Å²) in [6.45, 7) is 3.45. The Kier molecular flexibility index (Phi) is 11.8. The zero-order chi connectivity index (χ0) is 25.5. The molecule has 35 heavy (non-hydrogen) atoms. The molecular formula is C30H49NS2Sn2. The Morgan fingerprint density at radius 1 is 0.543 bits per heavy atom. The van der Waals surface area contributed by atoms with E-state index in [9.17, 15) is 0 Å². The molecule has 0 fully saturated rings. The molecule has 0 saturated carbocycles. The van der Waals surface area contributed by atoms with Gasteiger partial charge in [-0.05, 0) is 0 Å². The standard InChI is InChI=1S/C24H31NS2.6CH3.2Sn/c1-2-3-4-5-6-7-8-9-10-11-18-25-21(23-14-12-19-26-23)16-17-22(25)24-15-13-20-27-24;;;;;;;;/h12-17H,2-11,18H2,1H3;6*1H3;;. The Bertz CT molecular complexity index is 960. The summed E-state index contributed by atoms with van der Waals surface area (Å²) in [5.41, 5.74) is 2.88. The SMILES string of the molecule is CCCCCCCCCCCCn1c(-c2cc[c]([Sn]([CH3])([CH3])[CH3])s2)ccc1-c1cc[c]([Sn]([CH3])([CH3])[CH3])s1. The molecule has 5 heteroatoms. The minimum atomic E-state index is -2.03. The number of unbranched alkanes of at least 4 members (excludes halogenated alkanes) is 9. The molecular weight excluding hydrogens is 676 g/mol. The van der Waals surface area contributed by atoms with E-state index in [1.165, 1.54) is 85.4 Å². The van der Waals surface area contributed by atoms with Crippen molar-refractivity contribution in [3.8, 4) is 21.1 Å². The maximum absolute atomic E-state index is 2.66. The second-order valence-electron chi connectivity index (χ2n) is 12.3. The Labute approximate surface area is 232 Å². The number of aromatic nitrogens is 1. The quantitative estimate of drug-likeness (QED) is 0.109. The van der Waals surface area contributed by atoms with Gasteiger partial charge in [0.05, 0.1) is 0 Å². The number of nitrogens with zero attached hydrogens (tertiary/aromatic N) is 1. The molecule has 0 atom stereocenters. The van der Waals surface area contributed by atoms with Crippen molar-refractivity contribution in [2.45, 2.75) is 107 Å². The molecule has 3 aromatic rings. The van der Waals surface area contributed by atoms with Crippen LogP contribution in [0.5, 0.6) is 0 Å². The Morgan fingerprint density at radius 3 is 1.31 bits per heavy atom. The molecule has 0 aliphatic rings. The molecule has 0 aliphatic heterocycles. The molecule has 0 saturated heterocycles. The van der Waals surface area contributed by atoms with Crippen LogP contribution in [0.2, 0.25) is 29.6 Å². The van der Waals surface area contributed by atoms with Crippen LogP contribution in [0.25, 0.3) is 21.1 Å². The van der Waals surface area contributed by atoms with Crippen molar-refractivity contribution in [2.75, 3.05) is 0 Å². The van der Waals surface area contributed by atoms with E-state index >= 15 is 0 Å². The number of hydrogen-bond donors (Lipinski definition) is 0. The van der Waals surface area contributed by atoms with Crippen molar-refractivity contribution < 1.29 is 0 Å². The fourth-order valence-corrected chi connectivity index (χ4v) is 17.3. The number of hydrogen-bond acceptors (Lipinski definition) is 2. The molecule has 0 amide bonds. The van der Waals surface area contributed by atoms with Crippen molar-refractivity contribution in [1.82, 2.24) is 4.57 Å². The second kappa shape index (κ2) is 13.9. The number of rotatable bonds is 15. The van der Waals surface area contributed by atoms with E-state index in [4.69, 9.17) is 0 Å². The van der Waals surface area contributed by atoms with Crippen LogP contribution in [0.4, 0.5) is 0 Å². The van der Waals surface area contributed by atoms with Crippen LogP contribution in [0, 0.1) is 0 Å². The first-order chi connectivity index (χ1) is 16.6. The predicted molar refractivity (Wildman–Crippen MR) is 169 cm³/mol. The van der Waals surface area contributed by atoms with Gasteiger partial charge in [-0.1, -0.05) is 32.6 Å². The first kappa shape index (κ1) is 29.8. The topological polar surface area (TPSA) is 4.93 Å². The van der Waals surface area contributed by atoms with Crippen molar-refractivity contribution in [3.05, 3.63) is 36.4 Å². The minimum absolute atomic E-state index is 1.15. The van der Waals surface area contributed by atoms with Gasteiger partial charge in [-0.15, -0.1) is 0 Å². The molecule has 0 radical (unpaired) electrons. The van der Waals surface area contributed by atoms with Crippen LogP contribution >= 0.6 is 22.7 Å². The third-order valence-corrected chi connectivity index (χ3v) is 28.1. The van der Waals surface area contributed by atoms with E-state index in [1.807, 2.05) is 0 Å². The van der Waals surface area contributed by atoms with E-state index in [1.54, 1.807) is 5.79 Å². The van der Waals surface area contributed by atoms with Crippen LogP contribution in [0.1, 0.15) is 71.1 Å². The maximum atomic E-state index is 2.66. The average molecular weight is 725 g/mol. The molecule has 0 aliphatic carbocycles. The first-order valence-electron chi connectivity index (χ1n) is 14.0. The second-order valence-corrected chi connectivity index (χ2v) is 45.3. The molecule has 0 bridgehead atoms. The van der Waals surface area contributed by atoms with Gasteiger partial charge in [0.1, 0.15) is 0 Å². The summed E-state index contributed by atoms with van der Waals surface area (Å²) in [6.07, 6.45) is 13.9. The summed E-state index contributed by atoms with van der Waals surface area (Å²) in [5.74, 6) is 0. The molecule has 3 rings (SSSR count). The van der Waals surface area contributed by atoms with Gasteiger partial charge in [0.25, 0.3) is 0 Å². The van der Waals surface area contributed by atoms with Crippen LogP contribution in [-0.2, 0) is 6.54 Å². The normalized spacial score (nSPS) is 12.5. The zero-order valence-corrected chi connectivity index (χ0v) is 30.8. The summed E-state index contributed by atoms with van der Waals surface area (Å²) >= 11 is 0.0702. The molecule has 3 aromatic heterocycles. The van der Waals surface area contributed by atoms with Crippen molar-refractivity contribution >= 4 is 65.2 Å². The molecule has 3 heterocycles. The zero-order valence-electron chi connectivity index (χ0n) is 23.5. The molecule has 0 spiro atoms. The van der Waals surface area contributed by atoms with Crippen molar-refractivity contribution in [1.29, 1.82) is 0 Å². The van der Waals surface area contributed by atoms with E-state index < -0.39 is 36.8 Å². The van der Waals surface area contributed by atoms with E-state index in [0.717, 1.165) is 6.54 Å². The van der Waals surface area contributed by atoms with Gasteiger partial charge in [0.15, 0.2) is 0 Å². The van der Waals surface area contributed by atoms with Crippen LogP contribution < -0.4 is 5.79 Å².